The maximum Gasteiger partial charge on any atom is 0.0994 e. The highest BCUT2D eigenvalue weighted by Gasteiger charge is 2.04. The van der Waals surface area contributed by atoms with Crippen LogP contribution < -0.4 is 5.73 Å². The largest absolute Gasteiger partial charge is 0.325 e. The van der Waals surface area contributed by atoms with E-state index in [1.54, 1.807) is 18.6 Å². The monoisotopic (exact) mass is 241 g/mol. The van der Waals surface area contributed by atoms with Gasteiger partial charge >= 0.3 is 0 Å². The molecule has 5 heteroatoms. The maximum atomic E-state index is 5.91. The molecule has 0 spiro atoms. The Morgan fingerprint density at radius 3 is 2.47 bits per heavy atom. The number of halogens is 2. The predicted molar refractivity (Wildman–Crippen MR) is 61.5 cm³/mol. The van der Waals surface area contributed by atoms with Gasteiger partial charge in [0, 0.05) is 28.5 Å². The molecule has 3 nitrogen and oxygen atoms in total. The summed E-state index contributed by atoms with van der Waals surface area (Å²) in [7, 11) is 0. The van der Waals surface area contributed by atoms with Crippen LogP contribution in [-0.2, 0) is 6.54 Å². The maximum absolute atomic E-state index is 5.91. The first kappa shape index (κ1) is 10.5. The number of imidazole rings is 1. The molecule has 0 aliphatic carbocycles. The Kier molecular flexibility index (Phi) is 2.95. The molecule has 15 heavy (non-hydrogen) atoms. The fourth-order valence-electron chi connectivity index (χ4n) is 1.38. The summed E-state index contributed by atoms with van der Waals surface area (Å²) >= 11 is 11.8. The number of benzene rings is 1. The van der Waals surface area contributed by atoms with E-state index in [-0.39, 0.29) is 0 Å². The molecule has 2 rings (SSSR count). The third-order valence-corrected chi connectivity index (χ3v) is 2.49. The van der Waals surface area contributed by atoms with Gasteiger partial charge in [-0.05, 0) is 18.2 Å². The van der Waals surface area contributed by atoms with Crippen molar-refractivity contribution in [3.05, 3.63) is 46.5 Å². The van der Waals surface area contributed by atoms with E-state index >= 15 is 0 Å². The van der Waals surface area contributed by atoms with Crippen molar-refractivity contribution in [1.29, 1.82) is 0 Å². The summed E-state index contributed by atoms with van der Waals surface area (Å²) in [6, 6.07) is 5.31. The molecule has 0 saturated heterocycles. The fourth-order valence-corrected chi connectivity index (χ4v) is 1.90. The Morgan fingerprint density at radius 2 is 1.87 bits per heavy atom. The van der Waals surface area contributed by atoms with Gasteiger partial charge in [-0.1, -0.05) is 23.2 Å². The minimum Gasteiger partial charge on any atom is -0.325 e. The van der Waals surface area contributed by atoms with E-state index < -0.39 is 0 Å². The van der Waals surface area contributed by atoms with Crippen LogP contribution in [0.1, 0.15) is 5.69 Å². The van der Waals surface area contributed by atoms with Gasteiger partial charge in [-0.15, -0.1) is 0 Å². The molecule has 2 aromatic rings. The fraction of sp³-hybridized carbons (Fsp3) is 0.100. The molecule has 0 amide bonds. The summed E-state index contributed by atoms with van der Waals surface area (Å²) in [6.45, 7) is 0.421. The molecule has 0 aliphatic heterocycles. The van der Waals surface area contributed by atoms with Crippen molar-refractivity contribution in [3.8, 4) is 5.69 Å². The molecule has 0 bridgehead atoms. The van der Waals surface area contributed by atoms with Crippen LogP contribution >= 0.6 is 23.2 Å². The highest BCUT2D eigenvalue weighted by Crippen LogP contribution is 2.22. The van der Waals surface area contributed by atoms with E-state index in [1.807, 2.05) is 16.7 Å². The molecule has 78 valence electrons. The normalized spacial score (nSPS) is 10.6. The van der Waals surface area contributed by atoms with Gasteiger partial charge in [-0.25, -0.2) is 4.98 Å². The van der Waals surface area contributed by atoms with Crippen LogP contribution in [0.15, 0.2) is 30.7 Å². The number of nitrogens with zero attached hydrogens (tertiary/aromatic N) is 2. The lowest BCUT2D eigenvalue weighted by Gasteiger charge is -2.07. The summed E-state index contributed by atoms with van der Waals surface area (Å²) in [6.07, 6.45) is 3.40. The van der Waals surface area contributed by atoms with Crippen molar-refractivity contribution in [2.75, 3.05) is 0 Å². The Morgan fingerprint density at radius 1 is 1.20 bits per heavy atom. The molecule has 0 atom stereocenters. The van der Waals surface area contributed by atoms with E-state index in [2.05, 4.69) is 4.98 Å². The van der Waals surface area contributed by atoms with Crippen molar-refractivity contribution in [3.63, 3.8) is 0 Å². The first-order valence-corrected chi connectivity index (χ1v) is 5.14. The molecule has 0 unspecified atom stereocenters. The van der Waals surface area contributed by atoms with Crippen LogP contribution in [-0.4, -0.2) is 9.55 Å². The lowest BCUT2D eigenvalue weighted by Crippen LogP contribution is -2.04. The van der Waals surface area contributed by atoms with Gasteiger partial charge in [0.15, 0.2) is 0 Å². The minimum atomic E-state index is 0.421. The zero-order chi connectivity index (χ0) is 10.8. The lowest BCUT2D eigenvalue weighted by molar-refractivity contribution is 0.910. The van der Waals surface area contributed by atoms with E-state index in [4.69, 9.17) is 28.9 Å². The summed E-state index contributed by atoms with van der Waals surface area (Å²) in [5.74, 6) is 0. The van der Waals surface area contributed by atoms with Crippen LogP contribution in [0.4, 0.5) is 0 Å². The van der Waals surface area contributed by atoms with Crippen LogP contribution in [0.2, 0.25) is 10.0 Å². The topological polar surface area (TPSA) is 43.8 Å². The highest BCUT2D eigenvalue weighted by atomic mass is 35.5. The summed E-state index contributed by atoms with van der Waals surface area (Å²) < 4.78 is 1.86. The van der Waals surface area contributed by atoms with Crippen LogP contribution in [0, 0.1) is 0 Å². The Labute approximate surface area is 97.4 Å². The van der Waals surface area contributed by atoms with Crippen molar-refractivity contribution in [2.24, 2.45) is 5.73 Å². The molecule has 0 fully saturated rings. The van der Waals surface area contributed by atoms with E-state index in [9.17, 15) is 0 Å². The summed E-state index contributed by atoms with van der Waals surface area (Å²) in [5.41, 5.74) is 7.36. The van der Waals surface area contributed by atoms with Gasteiger partial charge in [0.25, 0.3) is 0 Å². The Balaban J connectivity index is 2.53. The van der Waals surface area contributed by atoms with Crippen LogP contribution in [0.25, 0.3) is 5.69 Å². The van der Waals surface area contributed by atoms with Crippen LogP contribution in [0.3, 0.4) is 0 Å². The molecule has 1 aromatic carbocycles. The molecule has 1 aromatic heterocycles. The Bertz CT molecular complexity index is 459. The second-order valence-corrected chi connectivity index (χ2v) is 3.96. The van der Waals surface area contributed by atoms with E-state index in [1.165, 1.54) is 0 Å². The van der Waals surface area contributed by atoms with E-state index in [0.717, 1.165) is 11.4 Å². The highest BCUT2D eigenvalue weighted by molar-refractivity contribution is 6.34. The van der Waals surface area contributed by atoms with Gasteiger partial charge in [-0.2, -0.15) is 0 Å². The average Bonchev–Trinajstić information content (AvgIpc) is 2.63. The quantitative estimate of drug-likeness (QED) is 0.879. The first-order valence-electron chi connectivity index (χ1n) is 4.38. The average molecular weight is 242 g/mol. The van der Waals surface area contributed by atoms with Gasteiger partial charge in [-0.3, -0.25) is 0 Å². The number of rotatable bonds is 2. The van der Waals surface area contributed by atoms with Gasteiger partial charge in [0.1, 0.15) is 0 Å². The zero-order valence-electron chi connectivity index (χ0n) is 7.82. The second kappa shape index (κ2) is 4.23. The molecule has 1 heterocycles. The van der Waals surface area contributed by atoms with Crippen molar-refractivity contribution >= 4 is 23.2 Å². The van der Waals surface area contributed by atoms with Crippen molar-refractivity contribution in [2.45, 2.75) is 6.54 Å². The van der Waals surface area contributed by atoms with Gasteiger partial charge < -0.3 is 10.3 Å². The molecular weight excluding hydrogens is 233 g/mol. The van der Waals surface area contributed by atoms with Gasteiger partial charge in [0.2, 0.25) is 0 Å². The van der Waals surface area contributed by atoms with Crippen molar-refractivity contribution in [1.82, 2.24) is 9.55 Å². The molecule has 0 aliphatic rings. The van der Waals surface area contributed by atoms with Crippen molar-refractivity contribution < 1.29 is 0 Å². The van der Waals surface area contributed by atoms with Gasteiger partial charge in [0.05, 0.1) is 12.0 Å². The zero-order valence-corrected chi connectivity index (χ0v) is 9.33. The van der Waals surface area contributed by atoms with Crippen LogP contribution in [0.5, 0.6) is 0 Å². The smallest absolute Gasteiger partial charge is 0.0994 e. The standard InChI is InChI=1S/C10H9Cl2N3/c11-7-1-8(12)3-9(2-7)15-6-14-5-10(15)4-13/h1-3,5-6H,4,13H2. The number of aromatic nitrogens is 2. The summed E-state index contributed by atoms with van der Waals surface area (Å²) in [4.78, 5) is 4.03. The first-order chi connectivity index (χ1) is 7.20. The molecule has 0 radical (unpaired) electrons. The molecular formula is C10H9Cl2N3. The lowest BCUT2D eigenvalue weighted by atomic mass is 10.3. The molecule has 0 saturated carbocycles. The number of hydrogen-bond acceptors (Lipinski definition) is 2. The minimum absolute atomic E-state index is 0.421. The van der Waals surface area contributed by atoms with E-state index in [0.29, 0.717) is 16.6 Å². The predicted octanol–water partition coefficient (Wildman–Crippen LogP) is 2.64. The number of hydrogen-bond donors (Lipinski definition) is 1. The Hall–Kier alpha value is -1.03. The second-order valence-electron chi connectivity index (χ2n) is 3.09. The summed E-state index contributed by atoms with van der Waals surface area (Å²) in [5, 5.41) is 1.18. The third-order valence-electron chi connectivity index (χ3n) is 2.05. The SMILES string of the molecule is NCc1cncn1-c1cc(Cl)cc(Cl)c1. The third kappa shape index (κ3) is 2.15. The number of nitrogens with two attached hydrogens (primary N) is 1. The molecule has 2 N–H and O–H groups in total.